The molecule has 0 saturated carbocycles. The zero-order valence-electron chi connectivity index (χ0n) is 16.2. The monoisotopic (exact) mass is 544 g/mol. The molecule has 0 saturated heterocycles. The van der Waals surface area contributed by atoms with Crippen molar-refractivity contribution in [2.75, 3.05) is 0 Å². The minimum absolute atomic E-state index is 0. The van der Waals surface area contributed by atoms with E-state index >= 15 is 0 Å². The van der Waals surface area contributed by atoms with Gasteiger partial charge in [0.15, 0.2) is 0 Å². The first kappa shape index (κ1) is 192. The molecular formula is H24Na6O20P2. The third kappa shape index (κ3) is 910. The molecule has 0 fully saturated rings. The van der Waals surface area contributed by atoms with Crippen molar-refractivity contribution in [1.82, 2.24) is 0 Å². The van der Waals surface area contributed by atoms with E-state index < -0.39 is 15.6 Å². The number of hydrogen-bond acceptors (Lipinski definition) is 8. The molecule has 28 heteroatoms. The van der Waals surface area contributed by atoms with E-state index in [1.807, 2.05) is 0 Å². The van der Waals surface area contributed by atoms with Crippen LogP contribution in [0.25, 0.3) is 0 Å². The van der Waals surface area contributed by atoms with Gasteiger partial charge in [-0.15, -0.1) is 0 Å². The summed E-state index contributed by atoms with van der Waals surface area (Å²) in [6.45, 7) is 0. The maximum Gasteiger partial charge on any atom is 1.00 e. The average Bonchev–Trinajstić information content (AvgIpc) is 1.12. The minimum atomic E-state index is -5.39. The second-order valence-corrected chi connectivity index (χ2v) is 2.68. The summed E-state index contributed by atoms with van der Waals surface area (Å²) in [5.41, 5.74) is 0. The normalized spacial score (nSPS) is 4.21. The maximum atomic E-state index is 8.55. The maximum absolute atomic E-state index is 8.55. The van der Waals surface area contributed by atoms with Gasteiger partial charge in [0.1, 0.15) is 0 Å². The fraction of sp³-hybridized carbons (Fsp3) is 0. The molecule has 0 amide bonds. The molecule has 0 unspecified atom stereocenters. The Balaban J connectivity index is -0.00000000155. The first-order valence-electron chi connectivity index (χ1n) is 1.46. The number of phosphoric acid groups is 2. The van der Waals surface area contributed by atoms with Crippen LogP contribution in [0.3, 0.4) is 0 Å². The van der Waals surface area contributed by atoms with E-state index in [4.69, 9.17) is 38.5 Å². The van der Waals surface area contributed by atoms with Crippen molar-refractivity contribution in [1.29, 1.82) is 0 Å². The van der Waals surface area contributed by atoms with Gasteiger partial charge in [-0.05, 0) is 0 Å². The summed E-state index contributed by atoms with van der Waals surface area (Å²) >= 11 is 0. The van der Waals surface area contributed by atoms with Crippen LogP contribution >= 0.6 is 15.6 Å². The van der Waals surface area contributed by atoms with E-state index in [-0.39, 0.29) is 243 Å². The van der Waals surface area contributed by atoms with Crippen LogP contribution < -0.4 is 207 Å². The third-order valence-corrected chi connectivity index (χ3v) is 0. The summed E-state index contributed by atoms with van der Waals surface area (Å²) in [5.74, 6) is 0. The van der Waals surface area contributed by atoms with Gasteiger partial charge in [0.05, 0.1) is 0 Å². The van der Waals surface area contributed by atoms with E-state index in [0.29, 0.717) is 0 Å². The van der Waals surface area contributed by atoms with Crippen LogP contribution in [0.1, 0.15) is 0 Å². The van der Waals surface area contributed by atoms with Crippen molar-refractivity contribution < 1.29 is 282 Å². The second kappa shape index (κ2) is 105. The summed E-state index contributed by atoms with van der Waals surface area (Å²) in [4.78, 5) is 51.3. The molecule has 24 N–H and O–H groups in total. The van der Waals surface area contributed by atoms with Crippen molar-refractivity contribution >= 4 is 15.6 Å². The fourth-order valence-corrected chi connectivity index (χ4v) is 0. The Bertz CT molecular complexity index is 143. The third-order valence-electron chi connectivity index (χ3n) is 0. The molecular weight excluding hydrogens is 520 g/mol. The Morgan fingerprint density at radius 1 is 0.286 bits per heavy atom. The minimum Gasteiger partial charge on any atom is -0.822 e. The molecule has 0 aromatic carbocycles. The van der Waals surface area contributed by atoms with Crippen LogP contribution in [0, 0.1) is 0 Å². The SMILES string of the molecule is O.O.O.O.O.O.O.O.O.O.O.O.O=P([O-])([O-])[O-].O=P([O-])([O-])[O-].[Na+].[Na+].[Na+].[Na+].[Na+].[Na+]. The van der Waals surface area contributed by atoms with Crippen molar-refractivity contribution in [2.45, 2.75) is 0 Å². The first-order valence-corrected chi connectivity index (χ1v) is 4.38. The van der Waals surface area contributed by atoms with Gasteiger partial charge in [0.2, 0.25) is 0 Å². The van der Waals surface area contributed by atoms with Crippen LogP contribution in [0.5, 0.6) is 0 Å². The standard InChI is InChI=1S/6Na.2H3O4P.12H2O/c;;;;;;2*1-5(2,3)4;;;;;;;;;;;;/h;;;;;;2*(H3,1,2,3,4);12*1H2/q6*+1;;;;;;;;;;;;;;/p-6. The van der Waals surface area contributed by atoms with Crippen LogP contribution in [0.15, 0.2) is 0 Å². The number of hydrogen-bond donors (Lipinski definition) is 0. The predicted octanol–water partition coefficient (Wildman–Crippen LogP) is -33.5. The second-order valence-electron chi connectivity index (χ2n) is 0.894. The Morgan fingerprint density at radius 2 is 0.286 bits per heavy atom. The summed E-state index contributed by atoms with van der Waals surface area (Å²) in [6.07, 6.45) is 0. The molecule has 160 valence electrons. The van der Waals surface area contributed by atoms with Gasteiger partial charge >= 0.3 is 177 Å². The first-order chi connectivity index (χ1) is 4.00. The molecule has 0 atom stereocenters. The van der Waals surface area contributed by atoms with Gasteiger partial charge in [0.25, 0.3) is 0 Å². The molecule has 0 heterocycles. The molecule has 28 heavy (non-hydrogen) atoms. The van der Waals surface area contributed by atoms with E-state index in [2.05, 4.69) is 0 Å². The van der Waals surface area contributed by atoms with E-state index in [1.54, 1.807) is 0 Å². The van der Waals surface area contributed by atoms with Crippen molar-refractivity contribution in [3.63, 3.8) is 0 Å². The molecule has 0 aliphatic rings. The molecule has 0 aromatic rings. The van der Waals surface area contributed by atoms with Crippen molar-refractivity contribution in [3.8, 4) is 0 Å². The Morgan fingerprint density at radius 3 is 0.286 bits per heavy atom. The summed E-state index contributed by atoms with van der Waals surface area (Å²) in [7, 11) is -10.8. The van der Waals surface area contributed by atoms with Crippen LogP contribution in [-0.4, -0.2) is 65.7 Å². The van der Waals surface area contributed by atoms with Gasteiger partial charge in [-0.1, -0.05) is 0 Å². The molecule has 0 spiro atoms. The van der Waals surface area contributed by atoms with Crippen molar-refractivity contribution in [2.24, 2.45) is 0 Å². The molecule has 0 aromatic heterocycles. The summed E-state index contributed by atoms with van der Waals surface area (Å²) in [5, 5.41) is 0. The van der Waals surface area contributed by atoms with E-state index in [1.165, 1.54) is 0 Å². The molecule has 20 nitrogen and oxygen atoms in total. The largest absolute Gasteiger partial charge is 1.00 e. The summed E-state index contributed by atoms with van der Waals surface area (Å²) < 4.78 is 17.1. The molecule has 0 bridgehead atoms. The Hall–Kier alpha value is 5.74. The zero-order valence-corrected chi connectivity index (χ0v) is 29.9. The Labute approximate surface area is 291 Å². The van der Waals surface area contributed by atoms with Crippen LogP contribution in [0.2, 0.25) is 0 Å². The topological polar surface area (TPSA) is 550 Å². The fourth-order valence-electron chi connectivity index (χ4n) is 0. The van der Waals surface area contributed by atoms with Crippen LogP contribution in [-0.2, 0) is 9.13 Å². The van der Waals surface area contributed by atoms with Gasteiger partial charge < -0.3 is 104 Å². The smallest absolute Gasteiger partial charge is 0.822 e. The van der Waals surface area contributed by atoms with Crippen molar-refractivity contribution in [3.05, 3.63) is 0 Å². The molecule has 0 rings (SSSR count). The van der Waals surface area contributed by atoms with E-state index in [9.17, 15) is 0 Å². The average molecular weight is 544 g/mol. The summed E-state index contributed by atoms with van der Waals surface area (Å²) in [6, 6.07) is 0. The van der Waals surface area contributed by atoms with Gasteiger partial charge in [-0.3, -0.25) is 0 Å². The predicted molar refractivity (Wildman–Crippen MR) is 58.6 cm³/mol. The van der Waals surface area contributed by atoms with Crippen LogP contribution in [0.4, 0.5) is 0 Å². The number of rotatable bonds is 0. The van der Waals surface area contributed by atoms with Gasteiger partial charge in [-0.2, -0.15) is 15.6 Å². The quantitative estimate of drug-likeness (QED) is 0.207. The molecule has 0 aliphatic heterocycles. The van der Waals surface area contributed by atoms with Gasteiger partial charge in [0, 0.05) is 0 Å². The molecule has 0 radical (unpaired) electrons. The zero-order chi connectivity index (χ0) is 9.00. The molecule has 0 aliphatic carbocycles. The van der Waals surface area contributed by atoms with E-state index in [0.717, 1.165) is 0 Å². The Kier molecular flexibility index (Phi) is 717. The van der Waals surface area contributed by atoms with Gasteiger partial charge in [-0.25, -0.2) is 0 Å².